The van der Waals surface area contributed by atoms with Gasteiger partial charge in [0.25, 0.3) is 0 Å². The number of fused-ring (bicyclic) bond motifs is 1. The minimum absolute atomic E-state index is 0.103. The van der Waals surface area contributed by atoms with Gasteiger partial charge in [-0.1, -0.05) is 6.07 Å². The van der Waals surface area contributed by atoms with Crippen LogP contribution in [0.3, 0.4) is 0 Å². The molecule has 5 nitrogen and oxygen atoms in total. The molecule has 1 aromatic heterocycles. The van der Waals surface area contributed by atoms with Crippen LogP contribution in [-0.2, 0) is 10.2 Å². The van der Waals surface area contributed by atoms with E-state index < -0.39 is 5.76 Å². The van der Waals surface area contributed by atoms with Crippen LogP contribution in [0.2, 0.25) is 0 Å². The van der Waals surface area contributed by atoms with Crippen LogP contribution in [0.4, 0.5) is 0 Å². The van der Waals surface area contributed by atoms with Gasteiger partial charge in [0.2, 0.25) is 0 Å². The van der Waals surface area contributed by atoms with Crippen LogP contribution in [0.1, 0.15) is 12.0 Å². The molecule has 2 fully saturated rings. The van der Waals surface area contributed by atoms with E-state index in [0.29, 0.717) is 11.5 Å². The normalized spacial score (nSPS) is 25.6. The zero-order valence-electron chi connectivity index (χ0n) is 10.6. The molecule has 5 heteroatoms. The number of H-pyrrole nitrogens is 1. The largest absolute Gasteiger partial charge is 0.417 e. The molecule has 1 unspecified atom stereocenters. The van der Waals surface area contributed by atoms with Gasteiger partial charge in [0, 0.05) is 5.41 Å². The fourth-order valence-electron chi connectivity index (χ4n) is 3.35. The quantitative estimate of drug-likeness (QED) is 0.845. The Balaban J connectivity index is 1.80. The summed E-state index contributed by atoms with van der Waals surface area (Å²) in [6.07, 6.45) is 1.18. The standard InChI is InChI=1S/C14H16N2O3/c17-13-16-11-5-9(1-2-12(11)19-13)14(7-18-8-14)10-3-4-15-6-10/h1-2,5,10,15H,3-4,6-8H2,(H,16,17). The number of rotatable bonds is 2. The van der Waals surface area contributed by atoms with Crippen molar-refractivity contribution in [2.24, 2.45) is 5.92 Å². The number of aromatic amines is 1. The lowest BCUT2D eigenvalue weighted by Crippen LogP contribution is -2.53. The maximum atomic E-state index is 11.2. The second-order valence-electron chi connectivity index (χ2n) is 5.56. The molecular formula is C14H16N2O3. The summed E-state index contributed by atoms with van der Waals surface area (Å²) in [4.78, 5) is 14.0. The summed E-state index contributed by atoms with van der Waals surface area (Å²) in [5, 5.41) is 3.43. The average Bonchev–Trinajstić information content (AvgIpc) is 2.95. The Labute approximate surface area is 109 Å². The second-order valence-corrected chi connectivity index (χ2v) is 5.56. The van der Waals surface area contributed by atoms with Gasteiger partial charge in [0.1, 0.15) is 0 Å². The molecule has 2 N–H and O–H groups in total. The van der Waals surface area contributed by atoms with E-state index in [1.165, 1.54) is 12.0 Å². The first-order valence-corrected chi connectivity index (χ1v) is 6.70. The van der Waals surface area contributed by atoms with Gasteiger partial charge in [0.05, 0.1) is 18.7 Å². The lowest BCUT2D eigenvalue weighted by molar-refractivity contribution is -0.0868. The van der Waals surface area contributed by atoms with Crippen LogP contribution in [0.15, 0.2) is 27.4 Å². The average molecular weight is 260 g/mol. The van der Waals surface area contributed by atoms with Crippen molar-refractivity contribution < 1.29 is 9.15 Å². The molecule has 0 saturated carbocycles. The Morgan fingerprint density at radius 2 is 2.21 bits per heavy atom. The molecule has 0 amide bonds. The maximum absolute atomic E-state index is 11.2. The highest BCUT2D eigenvalue weighted by atomic mass is 16.5. The Bertz CT molecular complexity index is 663. The van der Waals surface area contributed by atoms with Crippen molar-refractivity contribution in [2.45, 2.75) is 11.8 Å². The lowest BCUT2D eigenvalue weighted by atomic mass is 9.68. The molecule has 1 aromatic carbocycles. The fourth-order valence-corrected chi connectivity index (χ4v) is 3.35. The monoisotopic (exact) mass is 260 g/mol. The second kappa shape index (κ2) is 3.95. The number of hydrogen-bond acceptors (Lipinski definition) is 4. The van der Waals surface area contributed by atoms with Gasteiger partial charge in [-0.3, -0.25) is 4.98 Å². The van der Waals surface area contributed by atoms with Crippen molar-refractivity contribution in [3.63, 3.8) is 0 Å². The predicted molar refractivity (Wildman–Crippen MR) is 70.3 cm³/mol. The number of benzene rings is 1. The van der Waals surface area contributed by atoms with E-state index in [-0.39, 0.29) is 5.41 Å². The molecule has 0 spiro atoms. The summed E-state index contributed by atoms with van der Waals surface area (Å²) in [5.74, 6) is 0.214. The number of nitrogens with one attached hydrogen (secondary N) is 2. The van der Waals surface area contributed by atoms with Crippen molar-refractivity contribution in [3.8, 4) is 0 Å². The third-order valence-electron chi connectivity index (χ3n) is 4.55. The first-order chi connectivity index (χ1) is 9.28. The molecule has 2 saturated heterocycles. The van der Waals surface area contributed by atoms with Gasteiger partial charge >= 0.3 is 5.76 Å². The summed E-state index contributed by atoms with van der Waals surface area (Å²) in [6, 6.07) is 5.99. The lowest BCUT2D eigenvalue weighted by Gasteiger charge is -2.46. The Morgan fingerprint density at radius 3 is 2.89 bits per heavy atom. The molecule has 0 aliphatic carbocycles. The van der Waals surface area contributed by atoms with Crippen LogP contribution in [0.5, 0.6) is 0 Å². The SMILES string of the molecule is O=c1[nH]c2cc(C3(C4CCNC4)COC3)ccc2o1. The van der Waals surface area contributed by atoms with Gasteiger partial charge in [-0.2, -0.15) is 0 Å². The van der Waals surface area contributed by atoms with Crippen molar-refractivity contribution in [1.82, 2.24) is 10.3 Å². The predicted octanol–water partition coefficient (Wildman–Crippen LogP) is 0.999. The topological polar surface area (TPSA) is 67.3 Å². The van der Waals surface area contributed by atoms with E-state index in [1.807, 2.05) is 12.1 Å². The van der Waals surface area contributed by atoms with Crippen molar-refractivity contribution in [3.05, 3.63) is 34.3 Å². The fraction of sp³-hybridized carbons (Fsp3) is 0.500. The molecular weight excluding hydrogens is 244 g/mol. The minimum Gasteiger partial charge on any atom is -0.408 e. The zero-order valence-corrected chi connectivity index (χ0v) is 10.6. The van der Waals surface area contributed by atoms with Gasteiger partial charge in [-0.05, 0) is 43.1 Å². The van der Waals surface area contributed by atoms with Crippen LogP contribution in [0.25, 0.3) is 11.1 Å². The Morgan fingerprint density at radius 1 is 1.32 bits per heavy atom. The van der Waals surface area contributed by atoms with Gasteiger partial charge < -0.3 is 14.5 Å². The zero-order chi connectivity index (χ0) is 12.9. The highest BCUT2D eigenvalue weighted by molar-refractivity contribution is 5.73. The highest BCUT2D eigenvalue weighted by Gasteiger charge is 2.47. The number of ether oxygens (including phenoxy) is 1. The summed E-state index contributed by atoms with van der Waals surface area (Å²) in [6.45, 7) is 3.67. The number of oxazole rings is 1. The molecule has 0 radical (unpaired) electrons. The van der Waals surface area contributed by atoms with E-state index in [0.717, 1.165) is 31.8 Å². The van der Waals surface area contributed by atoms with Crippen LogP contribution in [0, 0.1) is 5.92 Å². The van der Waals surface area contributed by atoms with Crippen LogP contribution < -0.4 is 11.1 Å². The first-order valence-electron chi connectivity index (χ1n) is 6.70. The minimum atomic E-state index is -0.395. The van der Waals surface area contributed by atoms with Crippen molar-refractivity contribution >= 4 is 11.1 Å². The van der Waals surface area contributed by atoms with E-state index in [4.69, 9.17) is 9.15 Å². The molecule has 100 valence electrons. The third kappa shape index (κ3) is 1.58. The van der Waals surface area contributed by atoms with E-state index in [2.05, 4.69) is 16.4 Å². The molecule has 19 heavy (non-hydrogen) atoms. The molecule has 1 atom stereocenters. The molecule has 3 heterocycles. The first kappa shape index (κ1) is 11.3. The number of hydrogen-bond donors (Lipinski definition) is 2. The summed E-state index contributed by atoms with van der Waals surface area (Å²) in [7, 11) is 0. The summed E-state index contributed by atoms with van der Waals surface area (Å²) >= 11 is 0. The van der Waals surface area contributed by atoms with Crippen LogP contribution >= 0.6 is 0 Å². The van der Waals surface area contributed by atoms with Crippen LogP contribution in [-0.4, -0.2) is 31.3 Å². The smallest absolute Gasteiger partial charge is 0.408 e. The Kier molecular flexibility index (Phi) is 2.34. The molecule has 2 aliphatic rings. The van der Waals surface area contributed by atoms with Gasteiger partial charge in [0.15, 0.2) is 5.58 Å². The summed E-state index contributed by atoms with van der Waals surface area (Å²) < 4.78 is 10.6. The third-order valence-corrected chi connectivity index (χ3v) is 4.55. The van der Waals surface area contributed by atoms with E-state index >= 15 is 0 Å². The Hall–Kier alpha value is -1.59. The molecule has 4 rings (SSSR count). The van der Waals surface area contributed by atoms with Crippen molar-refractivity contribution in [2.75, 3.05) is 26.3 Å². The van der Waals surface area contributed by atoms with Crippen molar-refractivity contribution in [1.29, 1.82) is 0 Å². The molecule has 0 bridgehead atoms. The molecule has 2 aliphatic heterocycles. The summed E-state index contributed by atoms with van der Waals surface area (Å²) in [5.41, 5.74) is 2.75. The van der Waals surface area contributed by atoms with Gasteiger partial charge in [-0.15, -0.1) is 0 Å². The van der Waals surface area contributed by atoms with Gasteiger partial charge in [-0.25, -0.2) is 4.79 Å². The number of aromatic nitrogens is 1. The highest BCUT2D eigenvalue weighted by Crippen LogP contribution is 2.42. The van der Waals surface area contributed by atoms with E-state index in [9.17, 15) is 4.79 Å². The molecule has 2 aromatic rings. The maximum Gasteiger partial charge on any atom is 0.417 e. The van der Waals surface area contributed by atoms with E-state index in [1.54, 1.807) is 0 Å².